The maximum atomic E-state index is 13.1. The van der Waals surface area contributed by atoms with Crippen LogP contribution in [0.3, 0.4) is 0 Å². The number of phosphoric acid groups is 2. The first-order chi connectivity index (χ1) is 45.3. The average Bonchev–Trinajstić information content (AvgIpc) is 2.23. The highest BCUT2D eigenvalue weighted by Gasteiger charge is 2.30. The van der Waals surface area contributed by atoms with Gasteiger partial charge in [0.05, 0.1) is 26.4 Å². The number of unbranched alkanes of at least 4 members (excludes halogenated alkanes) is 40. The van der Waals surface area contributed by atoms with E-state index in [9.17, 15) is 43.2 Å². The van der Waals surface area contributed by atoms with Crippen LogP contribution in [-0.2, 0) is 65.4 Å². The second-order valence-electron chi connectivity index (χ2n) is 28.2. The third-order valence-corrected chi connectivity index (χ3v) is 19.6. The molecule has 17 nitrogen and oxygen atoms in total. The summed E-state index contributed by atoms with van der Waals surface area (Å²) < 4.78 is 68.4. The van der Waals surface area contributed by atoms with Crippen molar-refractivity contribution in [2.24, 2.45) is 17.8 Å². The molecule has 0 aliphatic rings. The maximum Gasteiger partial charge on any atom is 0.472 e. The lowest BCUT2D eigenvalue weighted by Crippen LogP contribution is -2.30. The van der Waals surface area contributed by atoms with Crippen molar-refractivity contribution in [1.29, 1.82) is 0 Å². The number of aliphatic hydroxyl groups is 1. The summed E-state index contributed by atoms with van der Waals surface area (Å²) in [5.74, 6) is 0.188. The molecule has 0 aromatic heterocycles. The van der Waals surface area contributed by atoms with Gasteiger partial charge in [-0.15, -0.1) is 0 Å². The number of esters is 4. The van der Waals surface area contributed by atoms with Crippen molar-refractivity contribution < 1.29 is 80.2 Å². The quantitative estimate of drug-likeness (QED) is 0.0222. The molecule has 0 radical (unpaired) electrons. The molecule has 0 spiro atoms. The summed E-state index contributed by atoms with van der Waals surface area (Å²) in [7, 11) is -9.91. The van der Waals surface area contributed by atoms with Crippen molar-refractivity contribution >= 4 is 39.5 Å². The van der Waals surface area contributed by atoms with Crippen LogP contribution in [0.4, 0.5) is 0 Å². The van der Waals surface area contributed by atoms with Crippen molar-refractivity contribution in [3.63, 3.8) is 0 Å². The van der Waals surface area contributed by atoms with Gasteiger partial charge in [0.2, 0.25) is 0 Å². The van der Waals surface area contributed by atoms with Gasteiger partial charge < -0.3 is 33.8 Å². The van der Waals surface area contributed by atoms with Gasteiger partial charge in [-0.25, -0.2) is 9.13 Å². The molecule has 0 amide bonds. The van der Waals surface area contributed by atoms with E-state index < -0.39 is 97.5 Å². The van der Waals surface area contributed by atoms with E-state index in [4.69, 9.17) is 37.0 Å². The highest BCUT2D eigenvalue weighted by atomic mass is 31.2. The number of carbonyl (C=O) groups excluding carboxylic acids is 4. The lowest BCUT2D eigenvalue weighted by atomic mass is 10.00. The zero-order valence-electron chi connectivity index (χ0n) is 61.4. The van der Waals surface area contributed by atoms with Crippen molar-refractivity contribution in [2.45, 2.75) is 401 Å². The van der Waals surface area contributed by atoms with Crippen LogP contribution in [0, 0.1) is 17.8 Å². The van der Waals surface area contributed by atoms with Crippen LogP contribution in [0.1, 0.15) is 382 Å². The summed E-state index contributed by atoms with van der Waals surface area (Å²) in [5, 5.41) is 10.6. The third-order valence-electron chi connectivity index (χ3n) is 17.7. The minimum Gasteiger partial charge on any atom is -0.462 e. The van der Waals surface area contributed by atoms with Crippen LogP contribution in [0.15, 0.2) is 0 Å². The maximum absolute atomic E-state index is 13.1. The van der Waals surface area contributed by atoms with E-state index in [1.54, 1.807) is 0 Å². The van der Waals surface area contributed by atoms with Gasteiger partial charge in [-0.1, -0.05) is 331 Å². The summed E-state index contributed by atoms with van der Waals surface area (Å²) in [6.45, 7) is 11.9. The number of ether oxygens (including phenoxy) is 4. The summed E-state index contributed by atoms with van der Waals surface area (Å²) in [6.07, 6.45) is 51.5. The predicted molar refractivity (Wildman–Crippen MR) is 381 cm³/mol. The Hall–Kier alpha value is -1.94. The van der Waals surface area contributed by atoms with Crippen LogP contribution in [0.2, 0.25) is 0 Å². The van der Waals surface area contributed by atoms with Gasteiger partial charge in [0.1, 0.15) is 19.3 Å². The molecule has 3 unspecified atom stereocenters. The van der Waals surface area contributed by atoms with Crippen LogP contribution in [-0.4, -0.2) is 96.7 Å². The molecule has 0 bridgehead atoms. The Morgan fingerprint density at radius 3 is 0.809 bits per heavy atom. The molecule has 3 N–H and O–H groups in total. The van der Waals surface area contributed by atoms with Gasteiger partial charge in [-0.05, 0) is 43.4 Å². The second-order valence-corrected chi connectivity index (χ2v) is 31.1. The van der Waals surface area contributed by atoms with Gasteiger partial charge in [0, 0.05) is 25.7 Å². The second kappa shape index (κ2) is 65.7. The molecule has 0 rings (SSSR count). The fourth-order valence-corrected chi connectivity index (χ4v) is 13.0. The molecule has 0 aromatic carbocycles. The smallest absolute Gasteiger partial charge is 0.462 e. The Bertz CT molecular complexity index is 1840. The summed E-state index contributed by atoms with van der Waals surface area (Å²) in [5.41, 5.74) is 0. The summed E-state index contributed by atoms with van der Waals surface area (Å²) in [4.78, 5) is 72.7. The van der Waals surface area contributed by atoms with E-state index in [-0.39, 0.29) is 25.7 Å². The van der Waals surface area contributed by atoms with Crippen LogP contribution < -0.4 is 0 Å². The largest absolute Gasteiger partial charge is 0.472 e. The normalized spacial score (nSPS) is 14.4. The van der Waals surface area contributed by atoms with Crippen molar-refractivity contribution in [1.82, 2.24) is 0 Å². The molecule has 0 aliphatic carbocycles. The molecule has 0 fully saturated rings. The Morgan fingerprint density at radius 1 is 0.309 bits per heavy atom. The van der Waals surface area contributed by atoms with Gasteiger partial charge >= 0.3 is 39.5 Å². The highest BCUT2D eigenvalue weighted by molar-refractivity contribution is 7.47. The molecule has 0 aliphatic heterocycles. The minimum absolute atomic E-state index is 0.103. The topological polar surface area (TPSA) is 237 Å². The Balaban J connectivity index is 5.19. The van der Waals surface area contributed by atoms with Gasteiger partial charge in [0.15, 0.2) is 12.2 Å². The Morgan fingerprint density at radius 2 is 0.543 bits per heavy atom. The first-order valence-electron chi connectivity index (χ1n) is 38.9. The third kappa shape index (κ3) is 67.3. The minimum atomic E-state index is -4.96. The zero-order valence-corrected chi connectivity index (χ0v) is 63.2. The molecule has 0 aromatic rings. The van der Waals surface area contributed by atoms with E-state index in [0.717, 1.165) is 108 Å². The molecule has 0 heterocycles. The van der Waals surface area contributed by atoms with Crippen molar-refractivity contribution in [3.8, 4) is 0 Å². The molecular weight excluding hydrogens is 1230 g/mol. The molecule has 6 atom stereocenters. The van der Waals surface area contributed by atoms with Crippen LogP contribution in [0.5, 0.6) is 0 Å². The fraction of sp³-hybridized carbons (Fsp3) is 0.947. The first kappa shape index (κ1) is 92.1. The Labute approximate surface area is 575 Å². The Kier molecular flexibility index (Phi) is 64.3. The standard InChI is InChI=1S/C75H146O17P2/c1-8-10-11-12-13-27-34-42-49-56-72(77)85-63-71(92-75(80)59-52-45-38-37-41-48-55-68(7)9-2)65-90-94(83,84)88-61-69(76)60-87-93(81,82)89-64-70(62-86-73(78)57-50-43-35-30-26-22-24-29-33-40-47-54-67(5)6)91-74(79)58-51-44-36-31-25-21-19-17-15-14-16-18-20-23-28-32-39-46-53-66(3)4/h66-71,76H,8-65H2,1-7H3,(H,81,82)(H,83,84)/t68?,69-,70-,71-/m1/s1. The van der Waals surface area contributed by atoms with Crippen molar-refractivity contribution in [2.75, 3.05) is 39.6 Å². The molecular formula is C75H146O17P2. The van der Waals surface area contributed by atoms with Gasteiger partial charge in [-0.3, -0.25) is 37.3 Å². The van der Waals surface area contributed by atoms with Crippen LogP contribution in [0.25, 0.3) is 0 Å². The van der Waals surface area contributed by atoms with E-state index in [1.165, 1.54) is 193 Å². The summed E-state index contributed by atoms with van der Waals surface area (Å²) >= 11 is 0. The monoisotopic (exact) mass is 1380 g/mol. The molecule has 19 heteroatoms. The SMILES string of the molecule is CCCCCCCCCCCC(=O)OC[C@H](COP(=O)(O)OC[C@H](O)COP(=O)(O)OC[C@@H](COC(=O)CCCCCCCCCCCCCC(C)C)OC(=O)CCCCCCCCCCCCCCCCCCCCC(C)C)OC(=O)CCCCCCCCC(C)CC. The van der Waals surface area contributed by atoms with E-state index in [2.05, 4.69) is 48.5 Å². The van der Waals surface area contributed by atoms with E-state index in [1.807, 2.05) is 0 Å². The van der Waals surface area contributed by atoms with E-state index >= 15 is 0 Å². The molecule has 558 valence electrons. The average molecular weight is 1380 g/mol. The van der Waals surface area contributed by atoms with Gasteiger partial charge in [0.25, 0.3) is 0 Å². The number of phosphoric ester groups is 2. The highest BCUT2D eigenvalue weighted by Crippen LogP contribution is 2.45. The molecule has 0 saturated carbocycles. The zero-order chi connectivity index (χ0) is 69.4. The number of aliphatic hydroxyl groups excluding tert-OH is 1. The molecule has 94 heavy (non-hydrogen) atoms. The molecule has 0 saturated heterocycles. The predicted octanol–water partition coefficient (Wildman–Crippen LogP) is 21.8. The number of rotatable bonds is 73. The number of hydrogen-bond acceptors (Lipinski definition) is 15. The van der Waals surface area contributed by atoms with E-state index in [0.29, 0.717) is 25.7 Å². The first-order valence-corrected chi connectivity index (χ1v) is 41.9. The number of carbonyl (C=O) groups is 4. The number of hydrogen-bond donors (Lipinski definition) is 3. The lowest BCUT2D eigenvalue weighted by molar-refractivity contribution is -0.161. The van der Waals surface area contributed by atoms with Gasteiger partial charge in [-0.2, -0.15) is 0 Å². The fourth-order valence-electron chi connectivity index (χ4n) is 11.4. The van der Waals surface area contributed by atoms with Crippen molar-refractivity contribution in [3.05, 3.63) is 0 Å². The van der Waals surface area contributed by atoms with Crippen LogP contribution >= 0.6 is 15.6 Å². The lowest BCUT2D eigenvalue weighted by Gasteiger charge is -2.21. The summed E-state index contributed by atoms with van der Waals surface area (Å²) in [6, 6.07) is 0.